The standard InChI is InChI=1S/C15H11N3O4/c19-16-13(11-7-3-1-4-8-11)15(18(21)22)14(17(16)20)12-9-5-2-6-10-12/h1-10,19H. The molecule has 7 heteroatoms. The summed E-state index contributed by atoms with van der Waals surface area (Å²) in [6, 6.07) is 16.5. The van der Waals surface area contributed by atoms with E-state index in [0.717, 1.165) is 0 Å². The Morgan fingerprint density at radius 1 is 0.955 bits per heavy atom. The van der Waals surface area contributed by atoms with Gasteiger partial charge in [0, 0.05) is 10.4 Å². The first kappa shape index (κ1) is 13.6. The maximum absolute atomic E-state index is 12.2. The molecule has 110 valence electrons. The first-order valence-electron chi connectivity index (χ1n) is 6.44. The number of benzene rings is 2. The number of aromatic nitrogens is 2. The van der Waals surface area contributed by atoms with Gasteiger partial charge in [0.25, 0.3) is 0 Å². The van der Waals surface area contributed by atoms with Gasteiger partial charge in [-0.05, 0) is 17.0 Å². The molecule has 0 amide bonds. The fraction of sp³-hybridized carbons (Fsp3) is 0. The summed E-state index contributed by atoms with van der Waals surface area (Å²) in [5.41, 5.74) is -0.0565. The molecule has 2 aromatic carbocycles. The monoisotopic (exact) mass is 297 g/mol. The number of rotatable bonds is 3. The normalized spacial score (nSPS) is 10.5. The second-order valence-electron chi connectivity index (χ2n) is 4.60. The highest BCUT2D eigenvalue weighted by Gasteiger charge is 2.38. The molecule has 0 saturated carbocycles. The predicted octanol–water partition coefficient (Wildman–Crippen LogP) is 2.60. The zero-order valence-electron chi connectivity index (χ0n) is 11.3. The van der Waals surface area contributed by atoms with Crippen LogP contribution in [0.1, 0.15) is 0 Å². The molecule has 0 aliphatic carbocycles. The van der Waals surface area contributed by atoms with Crippen molar-refractivity contribution in [3.63, 3.8) is 0 Å². The Labute approximate surface area is 125 Å². The third-order valence-electron chi connectivity index (χ3n) is 3.29. The largest absolute Gasteiger partial charge is 0.593 e. The van der Waals surface area contributed by atoms with Crippen LogP contribution in [0.15, 0.2) is 60.7 Å². The maximum atomic E-state index is 12.2. The topological polar surface area (TPSA) is 95.2 Å². The summed E-state index contributed by atoms with van der Waals surface area (Å²) in [5, 5.41) is 33.7. The van der Waals surface area contributed by atoms with E-state index in [2.05, 4.69) is 0 Å². The van der Waals surface area contributed by atoms with Crippen LogP contribution in [-0.2, 0) is 0 Å². The Kier molecular flexibility index (Phi) is 3.23. The minimum atomic E-state index is -0.661. The SMILES string of the molecule is O=[N+]([O-])c1c(-c2ccccc2)n(O)[n+]([O-])c1-c1ccccc1. The Balaban J connectivity index is 2.36. The average molecular weight is 297 g/mol. The lowest BCUT2D eigenvalue weighted by molar-refractivity contribution is -0.715. The lowest BCUT2D eigenvalue weighted by Crippen LogP contribution is -2.38. The molecule has 3 aromatic rings. The minimum Gasteiger partial charge on any atom is -0.593 e. The summed E-state index contributed by atoms with van der Waals surface area (Å²) in [7, 11) is 0. The van der Waals surface area contributed by atoms with Crippen LogP contribution in [0.4, 0.5) is 5.69 Å². The molecule has 0 bridgehead atoms. The van der Waals surface area contributed by atoms with Crippen LogP contribution in [-0.4, -0.2) is 15.0 Å². The van der Waals surface area contributed by atoms with Crippen molar-refractivity contribution in [2.24, 2.45) is 0 Å². The second kappa shape index (κ2) is 5.21. The minimum absolute atomic E-state index is 0.121. The molecule has 0 unspecified atom stereocenters. The lowest BCUT2D eigenvalue weighted by atomic mass is 10.1. The van der Waals surface area contributed by atoms with E-state index >= 15 is 0 Å². The van der Waals surface area contributed by atoms with E-state index < -0.39 is 10.6 Å². The van der Waals surface area contributed by atoms with Gasteiger partial charge in [0.15, 0.2) is 0 Å². The summed E-state index contributed by atoms with van der Waals surface area (Å²) in [6.45, 7) is 0. The number of nitro groups is 1. The summed E-state index contributed by atoms with van der Waals surface area (Å²) < 4.78 is 0. The molecule has 0 aliphatic heterocycles. The average Bonchev–Trinajstić information content (AvgIpc) is 2.81. The molecular weight excluding hydrogens is 286 g/mol. The zero-order valence-corrected chi connectivity index (χ0v) is 11.3. The number of hydrogen-bond donors (Lipinski definition) is 1. The van der Waals surface area contributed by atoms with Crippen molar-refractivity contribution in [2.75, 3.05) is 0 Å². The molecule has 0 fully saturated rings. The quantitative estimate of drug-likeness (QED) is 0.264. The molecule has 0 saturated heterocycles. The number of hydrogen-bond acceptors (Lipinski definition) is 4. The Hall–Kier alpha value is -3.35. The first-order valence-corrected chi connectivity index (χ1v) is 6.44. The van der Waals surface area contributed by atoms with Crippen LogP contribution in [0.25, 0.3) is 22.5 Å². The molecule has 1 N–H and O–H groups in total. The van der Waals surface area contributed by atoms with E-state index in [1.54, 1.807) is 60.7 Å². The highest BCUT2D eigenvalue weighted by atomic mass is 16.6. The van der Waals surface area contributed by atoms with Crippen molar-refractivity contribution in [1.29, 1.82) is 0 Å². The molecule has 3 rings (SSSR count). The third kappa shape index (κ3) is 2.05. The predicted molar refractivity (Wildman–Crippen MR) is 78.1 cm³/mol. The highest BCUT2D eigenvalue weighted by Crippen LogP contribution is 2.36. The van der Waals surface area contributed by atoms with E-state index in [0.29, 0.717) is 11.1 Å². The molecule has 22 heavy (non-hydrogen) atoms. The molecular formula is C15H11N3O4. The zero-order chi connectivity index (χ0) is 15.7. The summed E-state index contributed by atoms with van der Waals surface area (Å²) in [4.78, 5) is 11.2. The molecule has 1 heterocycles. The molecule has 7 nitrogen and oxygen atoms in total. The highest BCUT2D eigenvalue weighted by molar-refractivity contribution is 5.80. The summed E-state index contributed by atoms with van der Waals surface area (Å²) in [5.74, 6) is 0. The first-order chi connectivity index (χ1) is 10.6. The summed E-state index contributed by atoms with van der Waals surface area (Å²) in [6.07, 6.45) is 0. The van der Waals surface area contributed by atoms with Gasteiger partial charge in [0.2, 0.25) is 5.69 Å². The van der Waals surface area contributed by atoms with Crippen molar-refractivity contribution in [3.8, 4) is 22.5 Å². The van der Waals surface area contributed by atoms with Gasteiger partial charge in [-0.3, -0.25) is 10.1 Å². The van der Waals surface area contributed by atoms with Crippen LogP contribution < -0.4 is 4.85 Å². The van der Waals surface area contributed by atoms with Crippen LogP contribution >= 0.6 is 0 Å². The van der Waals surface area contributed by atoms with Gasteiger partial charge in [-0.2, -0.15) is 0 Å². The van der Waals surface area contributed by atoms with E-state index in [1.807, 2.05) is 0 Å². The molecule has 0 radical (unpaired) electrons. The van der Waals surface area contributed by atoms with Crippen molar-refractivity contribution in [3.05, 3.63) is 76.0 Å². The van der Waals surface area contributed by atoms with Crippen molar-refractivity contribution >= 4 is 5.69 Å². The van der Waals surface area contributed by atoms with Crippen LogP contribution in [0.2, 0.25) is 0 Å². The van der Waals surface area contributed by atoms with Crippen LogP contribution in [0.3, 0.4) is 0 Å². The van der Waals surface area contributed by atoms with Crippen molar-refractivity contribution in [2.45, 2.75) is 0 Å². The van der Waals surface area contributed by atoms with Gasteiger partial charge in [-0.15, -0.1) is 0 Å². The fourth-order valence-electron chi connectivity index (χ4n) is 2.35. The Morgan fingerprint density at radius 2 is 1.45 bits per heavy atom. The Bertz CT molecular complexity index is 766. The van der Waals surface area contributed by atoms with E-state index in [9.17, 15) is 20.5 Å². The lowest BCUT2D eigenvalue weighted by Gasteiger charge is -1.98. The van der Waals surface area contributed by atoms with E-state index in [-0.39, 0.29) is 21.1 Å². The van der Waals surface area contributed by atoms with Gasteiger partial charge in [0.1, 0.15) is 0 Å². The number of nitrogens with zero attached hydrogens (tertiary/aromatic N) is 3. The smallest absolute Gasteiger partial charge is 0.378 e. The summed E-state index contributed by atoms with van der Waals surface area (Å²) >= 11 is 0. The molecule has 1 aromatic heterocycles. The van der Waals surface area contributed by atoms with Crippen LogP contribution in [0.5, 0.6) is 0 Å². The van der Waals surface area contributed by atoms with Crippen molar-refractivity contribution in [1.82, 2.24) is 4.85 Å². The molecule has 0 aliphatic rings. The Morgan fingerprint density at radius 3 is 1.95 bits per heavy atom. The molecule has 0 atom stereocenters. The van der Waals surface area contributed by atoms with Gasteiger partial charge >= 0.3 is 11.4 Å². The third-order valence-corrected chi connectivity index (χ3v) is 3.29. The van der Waals surface area contributed by atoms with Gasteiger partial charge in [-0.1, -0.05) is 48.5 Å². The van der Waals surface area contributed by atoms with Crippen molar-refractivity contribution < 1.29 is 15.0 Å². The van der Waals surface area contributed by atoms with E-state index in [4.69, 9.17) is 0 Å². The fourth-order valence-corrected chi connectivity index (χ4v) is 2.35. The molecule has 0 spiro atoms. The second-order valence-corrected chi connectivity index (χ2v) is 4.60. The van der Waals surface area contributed by atoms with Gasteiger partial charge < -0.3 is 10.4 Å². The van der Waals surface area contributed by atoms with Gasteiger partial charge in [-0.25, -0.2) is 0 Å². The van der Waals surface area contributed by atoms with Gasteiger partial charge in [0.05, 0.1) is 10.5 Å². The van der Waals surface area contributed by atoms with Crippen LogP contribution in [0, 0.1) is 15.3 Å². The van der Waals surface area contributed by atoms with E-state index in [1.165, 1.54) is 0 Å². The maximum Gasteiger partial charge on any atom is 0.378 e.